The summed E-state index contributed by atoms with van der Waals surface area (Å²) in [6.45, 7) is 6.08. The van der Waals surface area contributed by atoms with E-state index in [1.165, 1.54) is 6.33 Å². The van der Waals surface area contributed by atoms with E-state index < -0.39 is 0 Å². The van der Waals surface area contributed by atoms with E-state index in [1.807, 2.05) is 13.8 Å². The van der Waals surface area contributed by atoms with E-state index in [2.05, 4.69) is 27.5 Å². The molecule has 0 saturated carbocycles. The van der Waals surface area contributed by atoms with Crippen LogP contribution in [-0.4, -0.2) is 28.5 Å². The smallest absolute Gasteiger partial charge is 0.239 e. The molecule has 0 aromatic carbocycles. The van der Waals surface area contributed by atoms with Crippen LogP contribution in [-0.2, 0) is 11.2 Å². The number of anilines is 2. The number of carbonyl (C=O) groups excluding carboxylic acids is 1. The predicted octanol–water partition coefficient (Wildman–Crippen LogP) is 0.948. The number of nitrogens with two attached hydrogens (primary N) is 1. The van der Waals surface area contributed by atoms with Gasteiger partial charge in [0.05, 0.1) is 6.54 Å². The number of hydrogen-bond acceptors (Lipinski definition) is 5. The van der Waals surface area contributed by atoms with Crippen LogP contribution >= 0.6 is 0 Å². The van der Waals surface area contributed by atoms with E-state index in [9.17, 15) is 4.79 Å². The van der Waals surface area contributed by atoms with Crippen molar-refractivity contribution in [1.29, 1.82) is 0 Å². The molecule has 0 atom stereocenters. The lowest BCUT2D eigenvalue weighted by molar-refractivity contribution is -0.119. The van der Waals surface area contributed by atoms with Crippen molar-refractivity contribution in [3.8, 4) is 0 Å². The largest absolute Gasteiger partial charge is 0.383 e. The van der Waals surface area contributed by atoms with Gasteiger partial charge < -0.3 is 16.4 Å². The molecule has 1 rings (SSSR count). The number of nitrogen functional groups attached to an aromatic ring is 1. The summed E-state index contributed by atoms with van der Waals surface area (Å²) in [5.41, 5.74) is 6.68. The zero-order chi connectivity index (χ0) is 13.5. The Bertz CT molecular complexity index is 405. The molecule has 0 aliphatic rings. The van der Waals surface area contributed by atoms with Gasteiger partial charge in [-0.25, -0.2) is 9.97 Å². The lowest BCUT2D eigenvalue weighted by Gasteiger charge is -2.13. The van der Waals surface area contributed by atoms with Crippen molar-refractivity contribution in [1.82, 2.24) is 15.3 Å². The first-order chi connectivity index (χ1) is 8.54. The van der Waals surface area contributed by atoms with Crippen molar-refractivity contribution < 1.29 is 4.79 Å². The zero-order valence-corrected chi connectivity index (χ0v) is 11.2. The highest BCUT2D eigenvalue weighted by atomic mass is 16.1. The first kappa shape index (κ1) is 14.2. The topological polar surface area (TPSA) is 92.9 Å². The number of nitrogens with zero attached hydrogens (tertiary/aromatic N) is 2. The first-order valence-corrected chi connectivity index (χ1v) is 6.17. The molecule has 6 heteroatoms. The quantitative estimate of drug-likeness (QED) is 0.700. The summed E-state index contributed by atoms with van der Waals surface area (Å²) in [5.74, 6) is 1.05. The second kappa shape index (κ2) is 6.78. The Kier molecular flexibility index (Phi) is 5.35. The van der Waals surface area contributed by atoms with Crippen LogP contribution in [0.2, 0.25) is 0 Å². The Morgan fingerprint density at radius 1 is 1.44 bits per heavy atom. The number of amides is 1. The van der Waals surface area contributed by atoms with Crippen LogP contribution in [0.25, 0.3) is 0 Å². The van der Waals surface area contributed by atoms with Crippen LogP contribution in [0.5, 0.6) is 0 Å². The van der Waals surface area contributed by atoms with E-state index in [0.29, 0.717) is 11.6 Å². The molecule has 100 valence electrons. The predicted molar refractivity (Wildman–Crippen MR) is 72.2 cm³/mol. The number of aromatic nitrogens is 2. The van der Waals surface area contributed by atoms with E-state index in [1.54, 1.807) is 0 Å². The molecule has 1 aromatic rings. The molecule has 0 radical (unpaired) electrons. The van der Waals surface area contributed by atoms with Gasteiger partial charge in [-0.15, -0.1) is 0 Å². The SMILES string of the molecule is CCCc1c(N)ncnc1NCC(=O)NC(C)C. The average molecular weight is 251 g/mol. The molecule has 0 aliphatic heterocycles. The lowest BCUT2D eigenvalue weighted by Crippen LogP contribution is -2.35. The molecular weight excluding hydrogens is 230 g/mol. The molecule has 6 nitrogen and oxygen atoms in total. The number of hydrogen-bond donors (Lipinski definition) is 3. The monoisotopic (exact) mass is 251 g/mol. The maximum Gasteiger partial charge on any atom is 0.239 e. The van der Waals surface area contributed by atoms with Crippen molar-refractivity contribution in [3.63, 3.8) is 0 Å². The summed E-state index contributed by atoms with van der Waals surface area (Å²) in [4.78, 5) is 19.6. The Morgan fingerprint density at radius 3 is 2.78 bits per heavy atom. The lowest BCUT2D eigenvalue weighted by atomic mass is 10.1. The van der Waals surface area contributed by atoms with E-state index in [0.717, 1.165) is 18.4 Å². The Balaban J connectivity index is 2.66. The molecule has 0 fully saturated rings. The molecule has 18 heavy (non-hydrogen) atoms. The fraction of sp³-hybridized carbons (Fsp3) is 0.583. The highest BCUT2D eigenvalue weighted by Crippen LogP contribution is 2.18. The van der Waals surface area contributed by atoms with E-state index in [4.69, 9.17) is 5.73 Å². The Labute approximate surface area is 107 Å². The van der Waals surface area contributed by atoms with Gasteiger partial charge in [-0.2, -0.15) is 0 Å². The van der Waals surface area contributed by atoms with Gasteiger partial charge in [0.15, 0.2) is 0 Å². The van der Waals surface area contributed by atoms with Crippen molar-refractivity contribution in [3.05, 3.63) is 11.9 Å². The maximum absolute atomic E-state index is 11.5. The van der Waals surface area contributed by atoms with E-state index in [-0.39, 0.29) is 18.5 Å². The van der Waals surface area contributed by atoms with Crippen LogP contribution in [0.15, 0.2) is 6.33 Å². The third-order valence-electron chi connectivity index (χ3n) is 2.34. The molecule has 1 aromatic heterocycles. The first-order valence-electron chi connectivity index (χ1n) is 6.17. The molecular formula is C12H21N5O. The normalized spacial score (nSPS) is 10.4. The van der Waals surface area contributed by atoms with Crippen molar-refractivity contribution in [2.24, 2.45) is 0 Å². The second-order valence-corrected chi connectivity index (χ2v) is 4.41. The molecule has 0 unspecified atom stereocenters. The Morgan fingerprint density at radius 2 is 2.17 bits per heavy atom. The van der Waals surface area contributed by atoms with Gasteiger partial charge in [-0.05, 0) is 20.3 Å². The minimum atomic E-state index is -0.0652. The van der Waals surface area contributed by atoms with Gasteiger partial charge >= 0.3 is 0 Å². The number of rotatable bonds is 6. The minimum absolute atomic E-state index is 0.0652. The van der Waals surface area contributed by atoms with Crippen LogP contribution in [0, 0.1) is 0 Å². The van der Waals surface area contributed by atoms with Crippen LogP contribution in [0.4, 0.5) is 11.6 Å². The second-order valence-electron chi connectivity index (χ2n) is 4.41. The minimum Gasteiger partial charge on any atom is -0.383 e. The van der Waals surface area contributed by atoms with Crippen LogP contribution in [0.1, 0.15) is 32.8 Å². The zero-order valence-electron chi connectivity index (χ0n) is 11.2. The molecule has 0 saturated heterocycles. The molecule has 0 bridgehead atoms. The Hall–Kier alpha value is -1.85. The fourth-order valence-corrected chi connectivity index (χ4v) is 1.61. The van der Waals surface area contributed by atoms with Crippen molar-refractivity contribution in [2.45, 2.75) is 39.7 Å². The highest BCUT2D eigenvalue weighted by molar-refractivity contribution is 5.81. The summed E-state index contributed by atoms with van der Waals surface area (Å²) in [7, 11) is 0. The molecule has 1 amide bonds. The third-order valence-corrected chi connectivity index (χ3v) is 2.34. The van der Waals surface area contributed by atoms with Gasteiger partial charge in [-0.3, -0.25) is 4.79 Å². The maximum atomic E-state index is 11.5. The standard InChI is InChI=1S/C12H21N5O/c1-4-5-9-11(13)15-7-16-12(9)14-6-10(18)17-8(2)3/h7-8H,4-6H2,1-3H3,(H,17,18)(H3,13,14,15,16). The van der Waals surface area contributed by atoms with Gasteiger partial charge in [0.2, 0.25) is 5.91 Å². The average Bonchev–Trinajstić information content (AvgIpc) is 2.29. The molecule has 0 aliphatic carbocycles. The summed E-state index contributed by atoms with van der Waals surface area (Å²) < 4.78 is 0. The molecule has 0 spiro atoms. The van der Waals surface area contributed by atoms with E-state index >= 15 is 0 Å². The summed E-state index contributed by atoms with van der Waals surface area (Å²) >= 11 is 0. The van der Waals surface area contributed by atoms with Gasteiger partial charge in [-0.1, -0.05) is 13.3 Å². The highest BCUT2D eigenvalue weighted by Gasteiger charge is 2.10. The molecule has 1 heterocycles. The van der Waals surface area contributed by atoms with Crippen molar-refractivity contribution in [2.75, 3.05) is 17.6 Å². The van der Waals surface area contributed by atoms with Crippen LogP contribution in [0.3, 0.4) is 0 Å². The third kappa shape index (κ3) is 4.20. The van der Waals surface area contributed by atoms with Crippen LogP contribution < -0.4 is 16.4 Å². The number of nitrogens with one attached hydrogen (secondary N) is 2. The van der Waals surface area contributed by atoms with Gasteiger partial charge in [0, 0.05) is 11.6 Å². The van der Waals surface area contributed by atoms with Crippen molar-refractivity contribution >= 4 is 17.5 Å². The number of carbonyl (C=O) groups is 1. The van der Waals surface area contributed by atoms with Gasteiger partial charge in [0.25, 0.3) is 0 Å². The summed E-state index contributed by atoms with van der Waals surface area (Å²) in [5, 5.41) is 5.80. The molecule has 4 N–H and O–H groups in total. The summed E-state index contributed by atoms with van der Waals surface area (Å²) in [6, 6.07) is 0.130. The van der Waals surface area contributed by atoms with Gasteiger partial charge in [0.1, 0.15) is 18.0 Å². The summed E-state index contributed by atoms with van der Waals surface area (Å²) in [6.07, 6.45) is 3.14. The fourth-order valence-electron chi connectivity index (χ4n) is 1.61.